The van der Waals surface area contributed by atoms with Crippen LogP contribution in [0.25, 0.3) is 11.0 Å². The number of hydrogen-bond acceptors (Lipinski definition) is 15. The fourth-order valence-electron chi connectivity index (χ4n) is 16.6. The highest BCUT2D eigenvalue weighted by molar-refractivity contribution is 5.93. The number of aromatic hydroxyl groups is 2. The van der Waals surface area contributed by atoms with Crippen LogP contribution in [0.1, 0.15) is 138 Å². The Kier molecular flexibility index (Phi) is 12.6. The molecule has 3 aromatic rings. The summed E-state index contributed by atoms with van der Waals surface area (Å²) in [4.78, 5) is 30.1. The van der Waals surface area contributed by atoms with Crippen LogP contribution >= 0.6 is 0 Å². The Morgan fingerprint density at radius 3 is 2.59 bits per heavy atom. The van der Waals surface area contributed by atoms with E-state index >= 15 is 4.79 Å². The lowest BCUT2D eigenvalue weighted by atomic mass is 9.54. The minimum atomic E-state index is -1.42. The molecule has 4 fully saturated rings. The van der Waals surface area contributed by atoms with Crippen molar-refractivity contribution >= 4 is 16.9 Å². The number of phenolic OH excluding ortho intramolecular Hbond substituents is 2. The van der Waals surface area contributed by atoms with Gasteiger partial charge in [0, 0.05) is 54.1 Å². The molecular formula is C60H75N5O10. The van der Waals surface area contributed by atoms with Gasteiger partial charge < -0.3 is 61.1 Å². The van der Waals surface area contributed by atoms with Gasteiger partial charge >= 0.3 is 5.97 Å². The number of aliphatic hydroxyl groups excluding tert-OH is 2. The van der Waals surface area contributed by atoms with Crippen LogP contribution in [0.5, 0.6) is 17.2 Å². The number of phenols is 2. The van der Waals surface area contributed by atoms with Crippen LogP contribution in [0, 0.1) is 28.6 Å². The number of nitrogens with one attached hydrogen (secondary N) is 4. The molecule has 15 nitrogen and oxygen atoms in total. The van der Waals surface area contributed by atoms with Crippen LogP contribution in [0.2, 0.25) is 0 Å². The molecule has 6 heterocycles. The van der Waals surface area contributed by atoms with Crippen molar-refractivity contribution in [3.63, 3.8) is 0 Å². The number of nitrogens with two attached hydrogens (primary N) is 1. The molecule has 2 aromatic carbocycles. The Balaban J connectivity index is 1.16. The number of dihydropyridines is 2. The first-order chi connectivity index (χ1) is 36.2. The summed E-state index contributed by atoms with van der Waals surface area (Å²) in [5, 5.41) is 73.8. The van der Waals surface area contributed by atoms with Crippen molar-refractivity contribution in [2.75, 3.05) is 32.8 Å². The SMILES string of the molecule is CC=C(C(=O)OC1Cc2c3c(c4oc(CO)cc(=O)c4c2O)C2C4=CCNC(N)=C4C(C4CCC5=CC(NCC)NC=C5CC4C1(C)O3)C1(CCCC1)Cc1ccc(O)cc1C2CO)C1(O)CCC2(CCNCC2)C1. The van der Waals surface area contributed by atoms with Gasteiger partial charge in [-0.2, -0.15) is 0 Å². The van der Waals surface area contributed by atoms with Crippen molar-refractivity contribution in [3.05, 3.63) is 121 Å². The summed E-state index contributed by atoms with van der Waals surface area (Å²) >= 11 is 0. The van der Waals surface area contributed by atoms with Crippen LogP contribution < -0.4 is 37.2 Å². The lowest BCUT2D eigenvalue weighted by molar-refractivity contribution is -0.172. The topological polar surface area (TPSA) is 241 Å². The summed E-state index contributed by atoms with van der Waals surface area (Å²) in [6, 6.07) is 6.69. The molecule has 1 saturated heterocycles. The molecule has 400 valence electrons. The average molecular weight is 1030 g/mol. The second-order valence-corrected chi connectivity index (χ2v) is 23.9. The lowest BCUT2D eigenvalue weighted by Crippen LogP contribution is -2.60. The van der Waals surface area contributed by atoms with Crippen LogP contribution in [0.4, 0.5) is 0 Å². The van der Waals surface area contributed by atoms with Gasteiger partial charge in [0.05, 0.1) is 23.9 Å². The third kappa shape index (κ3) is 7.99. The summed E-state index contributed by atoms with van der Waals surface area (Å²) < 4.78 is 21.6. The molecule has 4 aliphatic carbocycles. The Labute approximate surface area is 438 Å². The molecule has 5 aliphatic heterocycles. The number of ether oxygens (including phenoxy) is 2. The Morgan fingerprint density at radius 1 is 1.04 bits per heavy atom. The number of piperidine rings is 1. The number of benzene rings is 2. The van der Waals surface area contributed by atoms with E-state index in [4.69, 9.17) is 19.6 Å². The second kappa shape index (κ2) is 18.9. The summed E-state index contributed by atoms with van der Waals surface area (Å²) in [6.07, 6.45) is 17.0. The maximum atomic E-state index is 15.4. The zero-order valence-electron chi connectivity index (χ0n) is 43.7. The minimum Gasteiger partial charge on any atom is -0.508 e. The number of likely N-dealkylation sites (N-methyl/N-ethyl adjacent to an activating group) is 1. The maximum Gasteiger partial charge on any atom is 0.337 e. The highest BCUT2D eigenvalue weighted by atomic mass is 16.6. The molecular weight excluding hydrogens is 951 g/mol. The van der Waals surface area contributed by atoms with Crippen molar-refractivity contribution in [2.24, 2.45) is 34.3 Å². The molecule has 9 atom stereocenters. The maximum absolute atomic E-state index is 15.4. The molecule has 12 rings (SSSR count). The number of allylic oxidation sites excluding steroid dienone is 5. The molecule has 3 saturated carbocycles. The molecule has 9 aliphatic rings. The quantitative estimate of drug-likeness (QED) is 0.0886. The van der Waals surface area contributed by atoms with Gasteiger partial charge in [-0.1, -0.05) is 38.0 Å². The third-order valence-corrected chi connectivity index (χ3v) is 20.1. The zero-order chi connectivity index (χ0) is 52.2. The summed E-state index contributed by atoms with van der Waals surface area (Å²) in [6.45, 7) is 7.79. The zero-order valence-corrected chi connectivity index (χ0v) is 43.7. The predicted octanol–water partition coefficient (Wildman–Crippen LogP) is 6.60. The van der Waals surface area contributed by atoms with Crippen LogP contribution in [0.3, 0.4) is 0 Å². The Hall–Kier alpha value is -5.58. The van der Waals surface area contributed by atoms with E-state index in [1.165, 1.54) is 11.6 Å². The number of hydrogen-bond donors (Lipinski definition) is 10. The molecule has 11 N–H and O–H groups in total. The minimum absolute atomic E-state index is 0.0119. The number of carbonyl (C=O) groups excluding carboxylic acids is 1. The average Bonchev–Trinajstić information content (AvgIpc) is 3.98. The van der Waals surface area contributed by atoms with E-state index < -0.39 is 65.1 Å². The van der Waals surface area contributed by atoms with E-state index in [1.807, 2.05) is 13.0 Å². The Bertz CT molecular complexity index is 3050. The number of aliphatic hydroxyl groups is 3. The highest BCUT2D eigenvalue weighted by Gasteiger charge is 2.62. The van der Waals surface area contributed by atoms with Crippen molar-refractivity contribution in [2.45, 2.75) is 153 Å². The fraction of sp³-hybridized carbons (Fsp3) is 0.567. The number of fused-ring (bicyclic) bond motifs is 10. The van der Waals surface area contributed by atoms with Crippen molar-refractivity contribution < 1.29 is 44.2 Å². The summed E-state index contributed by atoms with van der Waals surface area (Å²) in [5.74, 6) is -2.63. The normalized spacial score (nSPS) is 32.4. The van der Waals surface area contributed by atoms with Gasteiger partial charge in [-0.3, -0.25) is 10.1 Å². The first kappa shape index (κ1) is 50.2. The van der Waals surface area contributed by atoms with Gasteiger partial charge in [-0.15, -0.1) is 0 Å². The van der Waals surface area contributed by atoms with E-state index in [0.29, 0.717) is 43.6 Å². The monoisotopic (exact) mass is 1030 g/mol. The van der Waals surface area contributed by atoms with Crippen LogP contribution in [0.15, 0.2) is 91.6 Å². The van der Waals surface area contributed by atoms with Gasteiger partial charge in [0.15, 0.2) is 5.43 Å². The van der Waals surface area contributed by atoms with E-state index in [2.05, 4.69) is 46.5 Å². The van der Waals surface area contributed by atoms with E-state index in [0.717, 1.165) is 105 Å². The highest BCUT2D eigenvalue weighted by Crippen LogP contribution is 2.66. The van der Waals surface area contributed by atoms with Crippen LogP contribution in [-0.4, -0.2) is 87.8 Å². The molecule has 15 heteroatoms. The molecule has 9 unspecified atom stereocenters. The first-order valence-electron chi connectivity index (χ1n) is 27.9. The molecule has 75 heavy (non-hydrogen) atoms. The smallest absolute Gasteiger partial charge is 0.337 e. The molecule has 4 bridgehead atoms. The number of carbonyl (C=O) groups is 1. The summed E-state index contributed by atoms with van der Waals surface area (Å²) in [5.41, 5.74) is 10.5. The fourth-order valence-corrected chi connectivity index (χ4v) is 16.6. The van der Waals surface area contributed by atoms with Gasteiger partial charge in [0.1, 0.15) is 58.1 Å². The van der Waals surface area contributed by atoms with Gasteiger partial charge in [0.2, 0.25) is 0 Å². The Morgan fingerprint density at radius 2 is 1.84 bits per heavy atom. The standard InChI is InChI=1S/C60H75N5O10/c1-4-42(60(72)16-15-58(31-60)17-20-62-21-18-58)56(71)74-45-26-40-52(70)49-44(69)25-36(29-66)73-54(49)50-47-38-12-19-64-55(61)48(38)51(59(13-6-7-14-59)27-33-8-10-35(68)24-39(33)41(47)30-67)37-11-9-32-23-46(63-5-2)65-28-34(32)22-43(37)57(45,3)75-53(40)50/h4,8,10,12,23-25,28,37,41,43,45-47,51,62-68,70,72H,5-7,9,11,13-22,26-27,29-31,61H2,1-3H3. The van der Waals surface area contributed by atoms with E-state index in [-0.39, 0.29) is 75.0 Å². The summed E-state index contributed by atoms with van der Waals surface area (Å²) in [7, 11) is 0. The molecule has 0 radical (unpaired) electrons. The molecule has 0 amide bonds. The largest absolute Gasteiger partial charge is 0.508 e. The van der Waals surface area contributed by atoms with Gasteiger partial charge in [-0.25, -0.2) is 4.79 Å². The predicted molar refractivity (Wildman–Crippen MR) is 283 cm³/mol. The third-order valence-electron chi connectivity index (χ3n) is 20.1. The van der Waals surface area contributed by atoms with Crippen molar-refractivity contribution in [1.82, 2.24) is 21.3 Å². The van der Waals surface area contributed by atoms with E-state index in [9.17, 15) is 30.3 Å². The number of rotatable bonds is 7. The van der Waals surface area contributed by atoms with Crippen molar-refractivity contribution in [1.29, 1.82) is 0 Å². The van der Waals surface area contributed by atoms with Crippen LogP contribution in [-0.2, 0) is 29.0 Å². The lowest BCUT2D eigenvalue weighted by Gasteiger charge is -2.55. The molecule has 2 spiro atoms. The molecule has 1 aromatic heterocycles. The van der Waals surface area contributed by atoms with Gasteiger partial charge in [0.25, 0.3) is 0 Å². The van der Waals surface area contributed by atoms with Gasteiger partial charge in [-0.05, 0) is 178 Å². The second-order valence-electron chi connectivity index (χ2n) is 23.9. The number of esters is 1. The van der Waals surface area contributed by atoms with E-state index in [1.54, 1.807) is 25.1 Å². The first-order valence-corrected chi connectivity index (χ1v) is 27.9. The van der Waals surface area contributed by atoms with Crippen molar-refractivity contribution in [3.8, 4) is 17.2 Å².